The second-order valence-corrected chi connectivity index (χ2v) is 5.22. The Balaban J connectivity index is 1.87. The molecule has 110 valence electrons. The Labute approximate surface area is 130 Å². The fourth-order valence-corrected chi connectivity index (χ4v) is 2.08. The Hall–Kier alpha value is -1.95. The number of ether oxygens (including phenoxy) is 1. The SMILES string of the molecule is CN(CCOc1ccc(F)cc1)C(=O)c1ncccc1Br. The molecule has 21 heavy (non-hydrogen) atoms. The molecule has 0 radical (unpaired) electrons. The molecular weight excluding hydrogens is 339 g/mol. The lowest BCUT2D eigenvalue weighted by Crippen LogP contribution is -2.31. The number of hydrogen-bond donors (Lipinski definition) is 0. The van der Waals surface area contributed by atoms with Gasteiger partial charge in [-0.2, -0.15) is 0 Å². The molecule has 1 aromatic heterocycles. The van der Waals surface area contributed by atoms with E-state index in [9.17, 15) is 9.18 Å². The Kier molecular flexibility index (Phi) is 5.27. The summed E-state index contributed by atoms with van der Waals surface area (Å²) in [4.78, 5) is 17.8. The highest BCUT2D eigenvalue weighted by Gasteiger charge is 2.15. The zero-order chi connectivity index (χ0) is 15.2. The van der Waals surface area contributed by atoms with Gasteiger partial charge >= 0.3 is 0 Å². The average molecular weight is 353 g/mol. The number of carbonyl (C=O) groups excluding carboxylic acids is 1. The smallest absolute Gasteiger partial charge is 0.273 e. The number of pyridine rings is 1. The van der Waals surface area contributed by atoms with Crippen molar-refractivity contribution in [2.75, 3.05) is 20.2 Å². The number of hydrogen-bond acceptors (Lipinski definition) is 3. The van der Waals surface area contributed by atoms with Crippen molar-refractivity contribution in [3.8, 4) is 5.75 Å². The van der Waals surface area contributed by atoms with Crippen LogP contribution in [-0.2, 0) is 0 Å². The number of carbonyl (C=O) groups is 1. The van der Waals surface area contributed by atoms with Crippen molar-refractivity contribution in [3.63, 3.8) is 0 Å². The first-order chi connectivity index (χ1) is 10.1. The van der Waals surface area contributed by atoms with E-state index < -0.39 is 0 Å². The number of likely N-dealkylation sites (N-methyl/N-ethyl adjacent to an activating group) is 1. The standard InChI is InChI=1S/C15H14BrFN2O2/c1-19(15(20)14-13(16)3-2-8-18-14)9-10-21-12-6-4-11(17)5-7-12/h2-8H,9-10H2,1H3. The van der Waals surface area contributed by atoms with Crippen molar-refractivity contribution < 1.29 is 13.9 Å². The molecule has 0 fully saturated rings. The maximum atomic E-state index is 12.7. The van der Waals surface area contributed by atoms with Crippen molar-refractivity contribution in [1.82, 2.24) is 9.88 Å². The van der Waals surface area contributed by atoms with Gasteiger partial charge in [0, 0.05) is 17.7 Å². The van der Waals surface area contributed by atoms with Gasteiger partial charge < -0.3 is 9.64 Å². The van der Waals surface area contributed by atoms with Crippen LogP contribution in [0.25, 0.3) is 0 Å². The van der Waals surface area contributed by atoms with Gasteiger partial charge in [-0.15, -0.1) is 0 Å². The van der Waals surface area contributed by atoms with Crippen LogP contribution in [0.3, 0.4) is 0 Å². The first kappa shape index (κ1) is 15.4. The lowest BCUT2D eigenvalue weighted by molar-refractivity contribution is 0.0767. The Morgan fingerprint density at radius 1 is 1.33 bits per heavy atom. The second kappa shape index (κ2) is 7.17. The predicted octanol–water partition coefficient (Wildman–Crippen LogP) is 3.13. The third kappa shape index (κ3) is 4.26. The van der Waals surface area contributed by atoms with E-state index in [1.165, 1.54) is 17.0 Å². The molecule has 4 nitrogen and oxygen atoms in total. The number of benzene rings is 1. The first-order valence-corrected chi connectivity index (χ1v) is 7.11. The van der Waals surface area contributed by atoms with Crippen LogP contribution in [-0.4, -0.2) is 36.0 Å². The van der Waals surface area contributed by atoms with Crippen LogP contribution in [0.1, 0.15) is 10.5 Å². The summed E-state index contributed by atoms with van der Waals surface area (Å²) in [6, 6.07) is 9.27. The number of amides is 1. The van der Waals surface area contributed by atoms with Crippen LogP contribution < -0.4 is 4.74 Å². The van der Waals surface area contributed by atoms with Crippen LogP contribution in [0.4, 0.5) is 4.39 Å². The zero-order valence-electron chi connectivity index (χ0n) is 11.4. The van der Waals surface area contributed by atoms with Crippen molar-refractivity contribution in [2.24, 2.45) is 0 Å². The van der Waals surface area contributed by atoms with Crippen molar-refractivity contribution in [1.29, 1.82) is 0 Å². The molecule has 1 heterocycles. The van der Waals surface area contributed by atoms with Gasteiger partial charge in [0.05, 0.1) is 6.54 Å². The molecule has 0 aliphatic carbocycles. The van der Waals surface area contributed by atoms with Gasteiger partial charge in [-0.1, -0.05) is 0 Å². The van der Waals surface area contributed by atoms with E-state index >= 15 is 0 Å². The van der Waals surface area contributed by atoms with Gasteiger partial charge in [-0.25, -0.2) is 9.37 Å². The number of nitrogens with zero attached hydrogens (tertiary/aromatic N) is 2. The van der Waals surface area contributed by atoms with Crippen LogP contribution in [0.5, 0.6) is 5.75 Å². The fraction of sp³-hybridized carbons (Fsp3) is 0.200. The minimum absolute atomic E-state index is 0.190. The lowest BCUT2D eigenvalue weighted by Gasteiger charge is -2.17. The molecule has 6 heteroatoms. The lowest BCUT2D eigenvalue weighted by atomic mass is 10.3. The number of halogens is 2. The molecule has 0 spiro atoms. The highest BCUT2D eigenvalue weighted by molar-refractivity contribution is 9.10. The summed E-state index contributed by atoms with van der Waals surface area (Å²) in [5.41, 5.74) is 0.363. The quantitative estimate of drug-likeness (QED) is 0.830. The molecule has 0 bridgehead atoms. The number of aromatic nitrogens is 1. The molecule has 2 aromatic rings. The summed E-state index contributed by atoms with van der Waals surface area (Å²) in [7, 11) is 1.68. The van der Waals surface area contributed by atoms with Crippen molar-refractivity contribution >= 4 is 21.8 Å². The van der Waals surface area contributed by atoms with Gasteiger partial charge in [-0.05, 0) is 52.3 Å². The topological polar surface area (TPSA) is 42.4 Å². The number of rotatable bonds is 5. The Morgan fingerprint density at radius 2 is 2.05 bits per heavy atom. The summed E-state index contributed by atoms with van der Waals surface area (Å²) in [5.74, 6) is 0.0658. The van der Waals surface area contributed by atoms with Crippen LogP contribution in [0.15, 0.2) is 47.1 Å². The average Bonchev–Trinajstić information content (AvgIpc) is 2.49. The molecule has 0 saturated heterocycles. The van der Waals surface area contributed by atoms with E-state index in [4.69, 9.17) is 4.74 Å². The van der Waals surface area contributed by atoms with E-state index in [0.717, 1.165) is 0 Å². The maximum absolute atomic E-state index is 12.7. The van der Waals surface area contributed by atoms with Gasteiger partial charge in [0.15, 0.2) is 0 Å². The summed E-state index contributed by atoms with van der Waals surface area (Å²) in [6.45, 7) is 0.720. The molecule has 0 saturated carbocycles. The minimum atomic E-state index is -0.311. The van der Waals surface area contributed by atoms with Crippen LogP contribution >= 0.6 is 15.9 Å². The van der Waals surface area contributed by atoms with Gasteiger partial charge in [0.2, 0.25) is 0 Å². The molecule has 1 aromatic carbocycles. The van der Waals surface area contributed by atoms with E-state index in [2.05, 4.69) is 20.9 Å². The Bertz CT molecular complexity index is 619. The monoisotopic (exact) mass is 352 g/mol. The van der Waals surface area contributed by atoms with E-state index in [1.807, 2.05) is 0 Å². The second-order valence-electron chi connectivity index (χ2n) is 4.36. The minimum Gasteiger partial charge on any atom is -0.492 e. The van der Waals surface area contributed by atoms with Gasteiger partial charge in [-0.3, -0.25) is 4.79 Å². The molecular formula is C15H14BrFN2O2. The van der Waals surface area contributed by atoms with Crippen molar-refractivity contribution in [3.05, 3.63) is 58.6 Å². The third-order valence-electron chi connectivity index (χ3n) is 2.82. The van der Waals surface area contributed by atoms with E-state index in [1.54, 1.807) is 37.5 Å². The summed E-state index contributed by atoms with van der Waals surface area (Å²) in [5, 5.41) is 0. The van der Waals surface area contributed by atoms with Crippen LogP contribution in [0.2, 0.25) is 0 Å². The van der Waals surface area contributed by atoms with E-state index in [0.29, 0.717) is 29.1 Å². The molecule has 0 aliphatic rings. The molecule has 0 N–H and O–H groups in total. The summed E-state index contributed by atoms with van der Waals surface area (Å²) in [6.07, 6.45) is 1.57. The predicted molar refractivity (Wildman–Crippen MR) is 80.8 cm³/mol. The molecule has 0 unspecified atom stereocenters. The van der Waals surface area contributed by atoms with Gasteiger partial charge in [0.25, 0.3) is 5.91 Å². The summed E-state index contributed by atoms with van der Waals surface area (Å²) >= 11 is 3.30. The Morgan fingerprint density at radius 3 is 2.71 bits per heavy atom. The highest BCUT2D eigenvalue weighted by atomic mass is 79.9. The first-order valence-electron chi connectivity index (χ1n) is 6.32. The van der Waals surface area contributed by atoms with Gasteiger partial charge in [0.1, 0.15) is 23.9 Å². The normalized spacial score (nSPS) is 10.2. The maximum Gasteiger partial charge on any atom is 0.273 e. The van der Waals surface area contributed by atoms with E-state index in [-0.39, 0.29) is 11.7 Å². The summed E-state index contributed by atoms with van der Waals surface area (Å²) < 4.78 is 18.9. The molecule has 0 atom stereocenters. The van der Waals surface area contributed by atoms with Crippen molar-refractivity contribution in [2.45, 2.75) is 0 Å². The third-order valence-corrected chi connectivity index (χ3v) is 3.46. The zero-order valence-corrected chi connectivity index (χ0v) is 13.0. The molecule has 1 amide bonds. The molecule has 2 rings (SSSR count). The van der Waals surface area contributed by atoms with Crippen LogP contribution in [0, 0.1) is 5.82 Å². The molecule has 0 aliphatic heterocycles. The largest absolute Gasteiger partial charge is 0.492 e. The highest BCUT2D eigenvalue weighted by Crippen LogP contribution is 2.15. The fourth-order valence-electron chi connectivity index (χ4n) is 1.66.